The predicted molar refractivity (Wildman–Crippen MR) is 84.3 cm³/mol. The van der Waals surface area contributed by atoms with E-state index in [1.165, 1.54) is 0 Å². The first-order valence-electron chi connectivity index (χ1n) is 7.09. The number of nitrogens with one attached hydrogen (secondary N) is 2. The Morgan fingerprint density at radius 1 is 1.38 bits per heavy atom. The first-order chi connectivity index (χ1) is 9.77. The molecule has 118 valence electrons. The molecule has 0 spiro atoms. The molecule has 0 aliphatic carbocycles. The lowest BCUT2D eigenvalue weighted by Gasteiger charge is -2.29. The Hall–Kier alpha value is -1.59. The van der Waals surface area contributed by atoms with Crippen LogP contribution in [0.4, 0.5) is 10.5 Å². The van der Waals surface area contributed by atoms with Crippen LogP contribution in [0.15, 0.2) is 24.3 Å². The van der Waals surface area contributed by atoms with Crippen LogP contribution in [-0.4, -0.2) is 30.9 Å². The van der Waals surface area contributed by atoms with Crippen molar-refractivity contribution >= 4 is 11.7 Å². The van der Waals surface area contributed by atoms with Gasteiger partial charge in [0.25, 0.3) is 0 Å². The van der Waals surface area contributed by atoms with Crippen LogP contribution >= 0.6 is 0 Å². The number of carbonyl (C=O) groups excluding carboxylic acids is 1. The summed E-state index contributed by atoms with van der Waals surface area (Å²) in [4.78, 5) is 12.0. The highest BCUT2D eigenvalue weighted by atomic mass is 16.5. The number of benzene rings is 1. The van der Waals surface area contributed by atoms with Crippen LogP contribution in [0.2, 0.25) is 0 Å². The molecule has 0 fully saturated rings. The third kappa shape index (κ3) is 5.36. The van der Waals surface area contributed by atoms with Crippen molar-refractivity contribution in [1.82, 2.24) is 5.32 Å². The molecule has 2 amide bonds. The highest BCUT2D eigenvalue weighted by Gasteiger charge is 2.25. The summed E-state index contributed by atoms with van der Waals surface area (Å²) in [6.07, 6.45) is -0.0328. The topological polar surface area (TPSA) is 70.6 Å². The van der Waals surface area contributed by atoms with Crippen LogP contribution in [0.25, 0.3) is 0 Å². The van der Waals surface area contributed by atoms with Gasteiger partial charge in [-0.3, -0.25) is 0 Å². The molecule has 0 aromatic heterocycles. The molecule has 5 heteroatoms. The number of hydrogen-bond donors (Lipinski definition) is 3. The normalized spacial score (nSPS) is 14.4. The number of amides is 2. The fraction of sp³-hybridized carbons (Fsp3) is 0.562. The van der Waals surface area contributed by atoms with E-state index >= 15 is 0 Å². The minimum atomic E-state index is -0.328. The van der Waals surface area contributed by atoms with Gasteiger partial charge in [-0.25, -0.2) is 4.79 Å². The molecule has 5 nitrogen and oxygen atoms in total. The highest BCUT2D eigenvalue weighted by molar-refractivity contribution is 5.89. The Balaban J connectivity index is 2.71. The average Bonchev–Trinajstić information content (AvgIpc) is 2.42. The van der Waals surface area contributed by atoms with Crippen molar-refractivity contribution in [3.05, 3.63) is 29.8 Å². The van der Waals surface area contributed by atoms with Crippen LogP contribution in [0.5, 0.6) is 0 Å². The van der Waals surface area contributed by atoms with E-state index in [2.05, 4.69) is 10.6 Å². The van der Waals surface area contributed by atoms with Crippen LogP contribution in [0, 0.1) is 5.41 Å². The second kappa shape index (κ2) is 7.43. The van der Waals surface area contributed by atoms with E-state index < -0.39 is 0 Å². The maximum Gasteiger partial charge on any atom is 0.319 e. The molecule has 0 radical (unpaired) electrons. The molecule has 0 aliphatic rings. The number of carbonyl (C=O) groups is 1. The summed E-state index contributed by atoms with van der Waals surface area (Å²) >= 11 is 0. The zero-order valence-corrected chi connectivity index (χ0v) is 13.4. The van der Waals surface area contributed by atoms with Gasteiger partial charge in [0, 0.05) is 12.8 Å². The molecule has 21 heavy (non-hydrogen) atoms. The highest BCUT2D eigenvalue weighted by Crippen LogP contribution is 2.21. The summed E-state index contributed by atoms with van der Waals surface area (Å²) in [6, 6.07) is 6.87. The zero-order chi connectivity index (χ0) is 16.0. The van der Waals surface area contributed by atoms with Crippen LogP contribution in [0.1, 0.15) is 39.4 Å². The van der Waals surface area contributed by atoms with Crippen LogP contribution in [-0.2, 0) is 4.74 Å². The Labute approximate surface area is 126 Å². The lowest BCUT2D eigenvalue weighted by atomic mass is 9.87. The lowest BCUT2D eigenvalue weighted by Crippen LogP contribution is -2.47. The Morgan fingerprint density at radius 3 is 2.57 bits per heavy atom. The van der Waals surface area contributed by atoms with E-state index in [9.17, 15) is 9.90 Å². The van der Waals surface area contributed by atoms with Gasteiger partial charge < -0.3 is 20.5 Å². The average molecular weight is 294 g/mol. The Morgan fingerprint density at radius 2 is 2.05 bits per heavy atom. The molecule has 0 unspecified atom stereocenters. The van der Waals surface area contributed by atoms with Gasteiger partial charge in [0.15, 0.2) is 0 Å². The van der Waals surface area contributed by atoms with Gasteiger partial charge in [0.05, 0.1) is 18.8 Å². The lowest BCUT2D eigenvalue weighted by molar-refractivity contribution is 0.119. The molecule has 1 aromatic carbocycles. The van der Waals surface area contributed by atoms with Crippen molar-refractivity contribution in [2.24, 2.45) is 5.41 Å². The maximum atomic E-state index is 12.0. The van der Waals surface area contributed by atoms with Crippen molar-refractivity contribution in [3.63, 3.8) is 0 Å². The molecule has 2 atom stereocenters. The van der Waals surface area contributed by atoms with E-state index in [4.69, 9.17) is 4.74 Å². The molecule has 3 N–H and O–H groups in total. The van der Waals surface area contributed by atoms with Crippen LogP contribution < -0.4 is 10.6 Å². The van der Waals surface area contributed by atoms with Gasteiger partial charge in [-0.2, -0.15) is 0 Å². The summed E-state index contributed by atoms with van der Waals surface area (Å²) in [7, 11) is 1.65. The fourth-order valence-electron chi connectivity index (χ4n) is 1.87. The molecule has 1 rings (SSSR count). The van der Waals surface area contributed by atoms with E-state index in [1.807, 2.05) is 52.0 Å². The van der Waals surface area contributed by atoms with Gasteiger partial charge in [-0.1, -0.05) is 32.9 Å². The SMILES string of the molecule is CO[C@@H](C)c1cccc(NC(=O)N[C@H](CO)C(C)(C)C)c1. The summed E-state index contributed by atoms with van der Waals surface area (Å²) < 4.78 is 5.26. The van der Waals surface area contributed by atoms with Gasteiger partial charge in [0.1, 0.15) is 0 Å². The molecule has 0 aliphatic heterocycles. The van der Waals surface area contributed by atoms with E-state index in [1.54, 1.807) is 7.11 Å². The summed E-state index contributed by atoms with van der Waals surface area (Å²) in [6.45, 7) is 7.75. The molecular formula is C16H26N2O3. The second-order valence-corrected chi connectivity index (χ2v) is 6.20. The summed E-state index contributed by atoms with van der Waals surface area (Å²) in [5, 5.41) is 14.9. The van der Waals surface area contributed by atoms with Crippen molar-refractivity contribution in [2.45, 2.75) is 39.8 Å². The number of aliphatic hydroxyl groups is 1. The molecular weight excluding hydrogens is 268 g/mol. The zero-order valence-electron chi connectivity index (χ0n) is 13.4. The predicted octanol–water partition coefficient (Wildman–Crippen LogP) is 2.92. The third-order valence-electron chi connectivity index (χ3n) is 3.50. The first kappa shape index (κ1) is 17.5. The van der Waals surface area contributed by atoms with Crippen molar-refractivity contribution in [1.29, 1.82) is 0 Å². The number of urea groups is 1. The van der Waals surface area contributed by atoms with Gasteiger partial charge >= 0.3 is 6.03 Å². The van der Waals surface area contributed by atoms with Gasteiger partial charge in [-0.05, 0) is 30.0 Å². The van der Waals surface area contributed by atoms with E-state index in [0.29, 0.717) is 5.69 Å². The molecule has 0 heterocycles. The second-order valence-electron chi connectivity index (χ2n) is 6.20. The van der Waals surface area contributed by atoms with Crippen molar-refractivity contribution < 1.29 is 14.6 Å². The number of ether oxygens (including phenoxy) is 1. The molecule has 0 saturated heterocycles. The number of rotatable bonds is 5. The largest absolute Gasteiger partial charge is 0.394 e. The van der Waals surface area contributed by atoms with E-state index in [0.717, 1.165) is 5.56 Å². The maximum absolute atomic E-state index is 12.0. The van der Waals surface area contributed by atoms with Crippen molar-refractivity contribution in [2.75, 3.05) is 19.0 Å². The van der Waals surface area contributed by atoms with Crippen LogP contribution in [0.3, 0.4) is 0 Å². The number of hydrogen-bond acceptors (Lipinski definition) is 3. The fourth-order valence-corrected chi connectivity index (χ4v) is 1.87. The molecule has 1 aromatic rings. The number of aliphatic hydroxyl groups excluding tert-OH is 1. The monoisotopic (exact) mass is 294 g/mol. The van der Waals surface area contributed by atoms with Gasteiger partial charge in [-0.15, -0.1) is 0 Å². The summed E-state index contributed by atoms with van der Waals surface area (Å²) in [5.41, 5.74) is 1.47. The smallest absolute Gasteiger partial charge is 0.319 e. The molecule has 0 saturated carbocycles. The quantitative estimate of drug-likeness (QED) is 0.782. The Bertz CT molecular complexity index is 469. The Kier molecular flexibility index (Phi) is 6.18. The molecule has 0 bridgehead atoms. The summed E-state index contributed by atoms with van der Waals surface area (Å²) in [5.74, 6) is 0. The third-order valence-corrected chi connectivity index (χ3v) is 3.50. The van der Waals surface area contributed by atoms with Gasteiger partial charge in [0.2, 0.25) is 0 Å². The van der Waals surface area contributed by atoms with Crippen molar-refractivity contribution in [3.8, 4) is 0 Å². The number of methoxy groups -OCH3 is 1. The number of anilines is 1. The van der Waals surface area contributed by atoms with E-state index in [-0.39, 0.29) is 30.2 Å². The minimum Gasteiger partial charge on any atom is -0.394 e. The first-order valence-corrected chi connectivity index (χ1v) is 7.09. The minimum absolute atomic E-state index is 0.0328. The standard InChI is InChI=1S/C16H26N2O3/c1-11(21-5)12-7-6-8-13(9-12)17-15(20)18-14(10-19)16(2,3)4/h6-9,11,14,19H,10H2,1-5H3,(H2,17,18,20)/t11-,14+/m0/s1.